The molecule has 0 spiro atoms. The van der Waals surface area contributed by atoms with Gasteiger partial charge in [-0.3, -0.25) is 0 Å². The molecule has 1 N–H and O–H groups in total. The molecule has 0 aromatic rings. The maximum Gasteiger partial charge on any atom is 0.102 e. The van der Waals surface area contributed by atoms with Crippen LogP contribution in [0.2, 0.25) is 0 Å². The van der Waals surface area contributed by atoms with Gasteiger partial charge in [0.05, 0.1) is 26.2 Å². The second kappa shape index (κ2) is 20.3. The summed E-state index contributed by atoms with van der Waals surface area (Å²) in [7, 11) is 2.41. The number of aliphatic hydroxyl groups excluding tert-OH is 1. The van der Waals surface area contributed by atoms with Crippen LogP contribution in [0.5, 0.6) is 0 Å². The van der Waals surface area contributed by atoms with Crippen LogP contribution in [0.4, 0.5) is 0 Å². The molecule has 1 unspecified atom stereocenters. The molecule has 0 bridgehead atoms. The molecule has 1 saturated carbocycles. The number of hydrogen-bond donors (Lipinski definition) is 1. The molecular formula is C26H54BrNO. The number of hydrogen-bond acceptors (Lipinski definition) is 1. The lowest BCUT2D eigenvalue weighted by Crippen LogP contribution is -3.00. The van der Waals surface area contributed by atoms with Gasteiger partial charge in [0.25, 0.3) is 0 Å². The molecule has 0 saturated heterocycles. The summed E-state index contributed by atoms with van der Waals surface area (Å²) in [5, 5.41) is 9.54. The SMILES string of the molecule is CCCCCCCCCCCCCCCCC[N+](C)(CCO)C1CCCCC1.[Br-]. The fourth-order valence-electron chi connectivity index (χ4n) is 5.25. The van der Waals surface area contributed by atoms with Crippen molar-refractivity contribution in [2.24, 2.45) is 0 Å². The Hall–Kier alpha value is 0.400. The summed E-state index contributed by atoms with van der Waals surface area (Å²) in [5.41, 5.74) is 0. The van der Waals surface area contributed by atoms with Crippen LogP contribution in [0.25, 0.3) is 0 Å². The van der Waals surface area contributed by atoms with Crippen LogP contribution in [-0.2, 0) is 0 Å². The molecule has 2 nitrogen and oxygen atoms in total. The maximum absolute atomic E-state index is 9.54. The molecule has 1 rings (SSSR count). The molecule has 0 amide bonds. The fraction of sp³-hybridized carbons (Fsp3) is 1.00. The Balaban J connectivity index is 0.00000784. The summed E-state index contributed by atoms with van der Waals surface area (Å²) >= 11 is 0. The van der Waals surface area contributed by atoms with Crippen molar-refractivity contribution in [3.8, 4) is 0 Å². The third-order valence-corrected chi connectivity index (χ3v) is 7.34. The van der Waals surface area contributed by atoms with Gasteiger partial charge in [0.2, 0.25) is 0 Å². The molecule has 0 heterocycles. The minimum absolute atomic E-state index is 0. The van der Waals surface area contributed by atoms with Crippen molar-refractivity contribution in [3.63, 3.8) is 0 Å². The zero-order valence-corrected chi connectivity index (χ0v) is 21.7. The van der Waals surface area contributed by atoms with Crippen LogP contribution in [0.1, 0.15) is 135 Å². The van der Waals surface area contributed by atoms with E-state index in [-0.39, 0.29) is 17.0 Å². The number of rotatable bonds is 19. The van der Waals surface area contributed by atoms with E-state index in [1.165, 1.54) is 135 Å². The van der Waals surface area contributed by atoms with Crippen molar-refractivity contribution >= 4 is 0 Å². The number of nitrogens with zero attached hydrogens (tertiary/aromatic N) is 1. The van der Waals surface area contributed by atoms with Crippen LogP contribution in [0.15, 0.2) is 0 Å². The van der Waals surface area contributed by atoms with Crippen molar-refractivity contribution in [3.05, 3.63) is 0 Å². The third-order valence-electron chi connectivity index (χ3n) is 7.34. The normalized spacial score (nSPS) is 17.1. The number of quaternary nitrogens is 1. The Labute approximate surface area is 194 Å². The monoisotopic (exact) mass is 475 g/mol. The highest BCUT2D eigenvalue weighted by atomic mass is 79.9. The first-order valence-corrected chi connectivity index (χ1v) is 13.2. The summed E-state index contributed by atoms with van der Waals surface area (Å²) in [6.07, 6.45) is 28.5. The number of unbranched alkanes of at least 4 members (excludes halogenated alkanes) is 14. The highest BCUT2D eigenvalue weighted by Crippen LogP contribution is 2.27. The van der Waals surface area contributed by atoms with E-state index in [4.69, 9.17) is 0 Å². The molecule has 1 atom stereocenters. The Bertz CT molecular complexity index is 333. The van der Waals surface area contributed by atoms with E-state index < -0.39 is 0 Å². The van der Waals surface area contributed by atoms with Crippen molar-refractivity contribution in [2.45, 2.75) is 141 Å². The molecule has 1 fully saturated rings. The minimum atomic E-state index is 0. The van der Waals surface area contributed by atoms with Crippen molar-refractivity contribution in [2.75, 3.05) is 26.7 Å². The van der Waals surface area contributed by atoms with Gasteiger partial charge in [-0.25, -0.2) is 0 Å². The summed E-state index contributed by atoms with van der Waals surface area (Å²) in [5.74, 6) is 0. The smallest absolute Gasteiger partial charge is 0.102 e. The molecule has 3 heteroatoms. The number of aliphatic hydroxyl groups is 1. The highest BCUT2D eigenvalue weighted by molar-refractivity contribution is 4.67. The molecule has 29 heavy (non-hydrogen) atoms. The van der Waals surface area contributed by atoms with Gasteiger partial charge in [-0.15, -0.1) is 0 Å². The van der Waals surface area contributed by atoms with Gasteiger partial charge in [0, 0.05) is 0 Å². The second-order valence-corrected chi connectivity index (χ2v) is 9.89. The Morgan fingerprint density at radius 3 is 1.45 bits per heavy atom. The molecule has 176 valence electrons. The Kier molecular flexibility index (Phi) is 20.6. The third kappa shape index (κ3) is 14.9. The summed E-state index contributed by atoms with van der Waals surface area (Å²) in [6, 6.07) is 0.813. The fourth-order valence-corrected chi connectivity index (χ4v) is 5.25. The Morgan fingerprint density at radius 2 is 1.03 bits per heavy atom. The first-order valence-electron chi connectivity index (χ1n) is 13.2. The lowest BCUT2D eigenvalue weighted by molar-refractivity contribution is -0.935. The Morgan fingerprint density at radius 1 is 0.621 bits per heavy atom. The molecular weight excluding hydrogens is 422 g/mol. The van der Waals surface area contributed by atoms with Crippen LogP contribution in [0, 0.1) is 0 Å². The van der Waals surface area contributed by atoms with Crippen molar-refractivity contribution in [1.82, 2.24) is 0 Å². The van der Waals surface area contributed by atoms with Crippen molar-refractivity contribution in [1.29, 1.82) is 0 Å². The van der Waals surface area contributed by atoms with Crippen LogP contribution in [-0.4, -0.2) is 42.4 Å². The average molecular weight is 477 g/mol. The van der Waals surface area contributed by atoms with Gasteiger partial charge < -0.3 is 26.6 Å². The quantitative estimate of drug-likeness (QED) is 0.213. The second-order valence-electron chi connectivity index (χ2n) is 9.89. The van der Waals surface area contributed by atoms with E-state index in [1.54, 1.807) is 0 Å². The van der Waals surface area contributed by atoms with E-state index in [0.29, 0.717) is 6.61 Å². The predicted octanol–water partition coefficient (Wildman–Crippen LogP) is 4.63. The molecule has 1 aliphatic carbocycles. The first kappa shape index (κ1) is 29.4. The van der Waals surface area contributed by atoms with Gasteiger partial charge in [-0.05, 0) is 38.5 Å². The average Bonchev–Trinajstić information content (AvgIpc) is 2.72. The minimum Gasteiger partial charge on any atom is -1.00 e. The summed E-state index contributed by atoms with van der Waals surface area (Å²) < 4.78 is 1.13. The van der Waals surface area contributed by atoms with Crippen LogP contribution >= 0.6 is 0 Å². The van der Waals surface area contributed by atoms with E-state index in [1.807, 2.05) is 0 Å². The van der Waals surface area contributed by atoms with Crippen LogP contribution in [0.3, 0.4) is 0 Å². The predicted molar refractivity (Wildman–Crippen MR) is 125 cm³/mol. The van der Waals surface area contributed by atoms with Gasteiger partial charge in [0.1, 0.15) is 6.54 Å². The van der Waals surface area contributed by atoms with Gasteiger partial charge in [0.15, 0.2) is 0 Å². The zero-order valence-electron chi connectivity index (χ0n) is 20.1. The van der Waals surface area contributed by atoms with E-state index in [0.717, 1.165) is 17.1 Å². The summed E-state index contributed by atoms with van der Waals surface area (Å²) in [6.45, 7) is 4.89. The van der Waals surface area contributed by atoms with E-state index in [2.05, 4.69) is 14.0 Å². The maximum atomic E-state index is 9.54. The lowest BCUT2D eigenvalue weighted by Gasteiger charge is -2.43. The van der Waals surface area contributed by atoms with Crippen molar-refractivity contribution < 1.29 is 26.6 Å². The topological polar surface area (TPSA) is 20.2 Å². The highest BCUT2D eigenvalue weighted by Gasteiger charge is 2.32. The molecule has 0 aromatic heterocycles. The zero-order chi connectivity index (χ0) is 20.3. The van der Waals surface area contributed by atoms with Gasteiger partial charge >= 0.3 is 0 Å². The van der Waals surface area contributed by atoms with Gasteiger partial charge in [-0.2, -0.15) is 0 Å². The molecule has 0 aliphatic heterocycles. The largest absolute Gasteiger partial charge is 1.00 e. The molecule has 0 radical (unpaired) electrons. The molecule has 0 aromatic carbocycles. The van der Waals surface area contributed by atoms with E-state index in [9.17, 15) is 5.11 Å². The standard InChI is InChI=1S/C26H54NO.BrH/c1-3-4-5-6-7-8-9-10-11-12-13-14-15-16-20-23-27(2,24-25-28)26-21-18-17-19-22-26;/h26,28H,3-25H2,1-2H3;1H/q+1;/p-1. The summed E-state index contributed by atoms with van der Waals surface area (Å²) in [4.78, 5) is 0. The number of likely N-dealkylation sites (N-methyl/N-ethyl adjacent to an activating group) is 1. The van der Waals surface area contributed by atoms with Gasteiger partial charge in [-0.1, -0.05) is 96.8 Å². The van der Waals surface area contributed by atoms with E-state index >= 15 is 0 Å². The lowest BCUT2D eigenvalue weighted by atomic mass is 9.92. The molecule has 1 aliphatic rings. The van der Waals surface area contributed by atoms with Crippen LogP contribution < -0.4 is 17.0 Å². The number of halogens is 1. The first-order chi connectivity index (χ1) is 13.7.